The van der Waals surface area contributed by atoms with Gasteiger partial charge in [0.05, 0.1) is 12.1 Å². The van der Waals surface area contributed by atoms with Crippen molar-refractivity contribution in [2.24, 2.45) is 0 Å². The van der Waals surface area contributed by atoms with E-state index < -0.39 is 47.2 Å². The van der Waals surface area contributed by atoms with Gasteiger partial charge in [0.1, 0.15) is 0 Å². The lowest BCUT2D eigenvalue weighted by atomic mass is 10.1. The molecule has 0 radical (unpaired) electrons. The number of nitrogens with zero attached hydrogens (tertiary/aromatic N) is 1. The van der Waals surface area contributed by atoms with E-state index in [2.05, 4.69) is 5.32 Å². The number of nitrogens with one attached hydrogen (secondary N) is 1. The molecule has 2 aromatic carbocycles. The lowest BCUT2D eigenvalue weighted by Crippen LogP contribution is -2.35. The average Bonchev–Trinajstić information content (AvgIpc) is 2.57. The number of hydrogen-bond donors (Lipinski definition) is 1. The van der Waals surface area contributed by atoms with E-state index in [0.717, 1.165) is 17.5 Å². The summed E-state index contributed by atoms with van der Waals surface area (Å²) >= 11 is 0. The maximum atomic E-state index is 13.6. The van der Waals surface area contributed by atoms with Crippen molar-refractivity contribution in [1.29, 1.82) is 0 Å². The van der Waals surface area contributed by atoms with E-state index in [0.29, 0.717) is 5.69 Å². The summed E-state index contributed by atoms with van der Waals surface area (Å²) in [5.74, 6) is -9.35. The first kappa shape index (κ1) is 18.4. The van der Waals surface area contributed by atoms with Gasteiger partial charge in [0.2, 0.25) is 5.91 Å². The minimum atomic E-state index is -2.08. The molecule has 132 valence electrons. The predicted octanol–water partition coefficient (Wildman–Crippen LogP) is 3.26. The molecule has 0 aliphatic rings. The molecule has 25 heavy (non-hydrogen) atoms. The summed E-state index contributed by atoms with van der Waals surface area (Å²) in [6.45, 7) is 1.38. The Morgan fingerprint density at radius 1 is 1.00 bits per heavy atom. The van der Waals surface area contributed by atoms with E-state index in [1.54, 1.807) is 24.3 Å². The normalized spacial score (nSPS) is 10.5. The van der Waals surface area contributed by atoms with Crippen molar-refractivity contribution in [3.63, 3.8) is 0 Å². The van der Waals surface area contributed by atoms with Gasteiger partial charge >= 0.3 is 0 Å². The third kappa shape index (κ3) is 4.14. The van der Waals surface area contributed by atoms with Gasteiger partial charge in [0, 0.05) is 12.7 Å². The van der Waals surface area contributed by atoms with Crippen molar-refractivity contribution < 1.29 is 27.2 Å². The van der Waals surface area contributed by atoms with Crippen LogP contribution in [0.2, 0.25) is 0 Å². The first-order valence-corrected chi connectivity index (χ1v) is 7.15. The minimum Gasteiger partial charge on any atom is -0.332 e. The fourth-order valence-electron chi connectivity index (χ4n) is 2.06. The SMILES string of the molecule is Cc1ccc(NC(=O)CN(C)C(=O)c2cc(F)c(F)c(F)c2F)cc1. The third-order valence-corrected chi connectivity index (χ3v) is 3.40. The molecule has 0 atom stereocenters. The van der Waals surface area contributed by atoms with E-state index in [9.17, 15) is 27.2 Å². The van der Waals surface area contributed by atoms with E-state index in [-0.39, 0.29) is 6.07 Å². The third-order valence-electron chi connectivity index (χ3n) is 3.40. The summed E-state index contributed by atoms with van der Waals surface area (Å²) in [6, 6.07) is 7.09. The highest BCUT2D eigenvalue weighted by Gasteiger charge is 2.25. The summed E-state index contributed by atoms with van der Waals surface area (Å²) in [5.41, 5.74) is 0.477. The lowest BCUT2D eigenvalue weighted by molar-refractivity contribution is -0.116. The molecule has 0 heterocycles. The molecule has 2 rings (SSSR count). The van der Waals surface area contributed by atoms with Gasteiger partial charge in [-0.25, -0.2) is 17.6 Å². The standard InChI is InChI=1S/C17H14F4N2O2/c1-9-3-5-10(6-4-9)22-13(24)8-23(2)17(25)11-7-12(18)15(20)16(21)14(11)19/h3-7H,8H2,1-2H3,(H,22,24). The first-order chi connectivity index (χ1) is 11.7. The van der Waals surface area contributed by atoms with Crippen LogP contribution in [0.3, 0.4) is 0 Å². The number of rotatable bonds is 4. The van der Waals surface area contributed by atoms with Crippen LogP contribution < -0.4 is 5.32 Å². The van der Waals surface area contributed by atoms with Gasteiger partial charge in [-0.3, -0.25) is 9.59 Å². The van der Waals surface area contributed by atoms with Crippen LogP contribution in [0.1, 0.15) is 15.9 Å². The Kier molecular flexibility index (Phi) is 5.41. The fraction of sp³-hybridized carbons (Fsp3) is 0.176. The van der Waals surface area contributed by atoms with Crippen molar-refractivity contribution in [2.75, 3.05) is 18.9 Å². The molecule has 4 nitrogen and oxygen atoms in total. The van der Waals surface area contributed by atoms with Crippen LogP contribution in [0, 0.1) is 30.2 Å². The molecule has 2 aromatic rings. The van der Waals surface area contributed by atoms with Crippen LogP contribution in [0.25, 0.3) is 0 Å². The fourth-order valence-corrected chi connectivity index (χ4v) is 2.06. The molecule has 0 aromatic heterocycles. The zero-order chi connectivity index (χ0) is 18.7. The molecular weight excluding hydrogens is 340 g/mol. The predicted molar refractivity (Wildman–Crippen MR) is 83.0 cm³/mol. The number of amides is 2. The number of hydrogen-bond acceptors (Lipinski definition) is 2. The molecule has 0 saturated carbocycles. The van der Waals surface area contributed by atoms with E-state index in [1.807, 2.05) is 6.92 Å². The van der Waals surface area contributed by atoms with Gasteiger partial charge in [0.15, 0.2) is 23.3 Å². The Morgan fingerprint density at radius 3 is 2.20 bits per heavy atom. The van der Waals surface area contributed by atoms with Gasteiger partial charge in [0.25, 0.3) is 5.91 Å². The highest BCUT2D eigenvalue weighted by Crippen LogP contribution is 2.20. The van der Waals surface area contributed by atoms with Gasteiger partial charge in [-0.15, -0.1) is 0 Å². The highest BCUT2D eigenvalue weighted by molar-refractivity contribution is 5.99. The second-order valence-electron chi connectivity index (χ2n) is 5.42. The Labute approximate surface area is 141 Å². The van der Waals surface area contributed by atoms with Gasteiger partial charge in [-0.05, 0) is 25.1 Å². The molecular formula is C17H14F4N2O2. The topological polar surface area (TPSA) is 49.4 Å². The number of aryl methyl sites for hydroxylation is 1. The molecule has 0 aliphatic carbocycles. The van der Waals surface area contributed by atoms with E-state index in [4.69, 9.17) is 0 Å². The Morgan fingerprint density at radius 2 is 1.60 bits per heavy atom. The van der Waals surface area contributed by atoms with Crippen LogP contribution in [-0.2, 0) is 4.79 Å². The van der Waals surface area contributed by atoms with Gasteiger partial charge < -0.3 is 10.2 Å². The van der Waals surface area contributed by atoms with Crippen LogP contribution in [0.4, 0.5) is 23.2 Å². The molecule has 0 bridgehead atoms. The Balaban J connectivity index is 2.10. The first-order valence-electron chi connectivity index (χ1n) is 7.15. The Bertz CT molecular complexity index is 822. The lowest BCUT2D eigenvalue weighted by Gasteiger charge is -2.17. The van der Waals surface area contributed by atoms with Gasteiger partial charge in [-0.1, -0.05) is 17.7 Å². The van der Waals surface area contributed by atoms with Crippen molar-refractivity contribution in [3.05, 3.63) is 64.7 Å². The van der Waals surface area contributed by atoms with Crippen molar-refractivity contribution in [3.8, 4) is 0 Å². The molecule has 0 saturated heterocycles. The van der Waals surface area contributed by atoms with Crippen molar-refractivity contribution in [2.45, 2.75) is 6.92 Å². The summed E-state index contributed by atoms with van der Waals surface area (Å²) < 4.78 is 53.0. The number of halogens is 4. The summed E-state index contributed by atoms with van der Waals surface area (Å²) in [4.78, 5) is 24.7. The smallest absolute Gasteiger partial charge is 0.257 e. The number of likely N-dealkylation sites (N-methyl/N-ethyl adjacent to an activating group) is 1. The summed E-state index contributed by atoms with van der Waals surface area (Å²) in [7, 11) is 1.15. The van der Waals surface area contributed by atoms with Crippen LogP contribution in [0.15, 0.2) is 30.3 Å². The molecule has 8 heteroatoms. The van der Waals surface area contributed by atoms with Crippen molar-refractivity contribution in [1.82, 2.24) is 4.90 Å². The zero-order valence-electron chi connectivity index (χ0n) is 13.4. The van der Waals surface area contributed by atoms with Crippen LogP contribution in [-0.4, -0.2) is 30.3 Å². The molecule has 1 N–H and O–H groups in total. The minimum absolute atomic E-state index is 0.254. The summed E-state index contributed by atoms with van der Waals surface area (Å²) in [5, 5.41) is 2.52. The van der Waals surface area contributed by atoms with Crippen LogP contribution >= 0.6 is 0 Å². The highest BCUT2D eigenvalue weighted by atomic mass is 19.2. The quantitative estimate of drug-likeness (QED) is 0.521. The Hall–Kier alpha value is -2.90. The van der Waals surface area contributed by atoms with Crippen molar-refractivity contribution >= 4 is 17.5 Å². The largest absolute Gasteiger partial charge is 0.332 e. The monoisotopic (exact) mass is 354 g/mol. The molecule has 0 unspecified atom stereocenters. The van der Waals surface area contributed by atoms with E-state index >= 15 is 0 Å². The maximum absolute atomic E-state index is 13.6. The molecule has 0 fully saturated rings. The average molecular weight is 354 g/mol. The van der Waals surface area contributed by atoms with Crippen LogP contribution in [0.5, 0.6) is 0 Å². The zero-order valence-corrected chi connectivity index (χ0v) is 13.4. The number of benzene rings is 2. The second kappa shape index (κ2) is 7.33. The summed E-state index contributed by atoms with van der Waals surface area (Å²) in [6.07, 6.45) is 0. The molecule has 0 spiro atoms. The maximum Gasteiger partial charge on any atom is 0.257 e. The van der Waals surface area contributed by atoms with Gasteiger partial charge in [-0.2, -0.15) is 0 Å². The second-order valence-corrected chi connectivity index (χ2v) is 5.42. The number of anilines is 1. The molecule has 2 amide bonds. The molecule has 0 aliphatic heterocycles. The number of carbonyl (C=O) groups excluding carboxylic acids is 2. The number of carbonyl (C=O) groups is 2. The van der Waals surface area contributed by atoms with E-state index in [1.165, 1.54) is 0 Å².